The van der Waals surface area contributed by atoms with Crippen molar-refractivity contribution in [3.63, 3.8) is 0 Å². The quantitative estimate of drug-likeness (QED) is 0.419. The first-order valence-electron chi connectivity index (χ1n) is 12.9. The van der Waals surface area contributed by atoms with Gasteiger partial charge in [-0.1, -0.05) is 0 Å². The second-order valence-electron chi connectivity index (χ2n) is 9.31. The Morgan fingerprint density at radius 2 is 2.05 bits per heavy atom. The highest BCUT2D eigenvalue weighted by atomic mass is 19.1. The highest BCUT2D eigenvalue weighted by Gasteiger charge is 2.35. The van der Waals surface area contributed by atoms with E-state index >= 15 is 0 Å². The molecule has 2 atom stereocenters. The largest absolute Gasteiger partial charge is 0.486 e. The minimum absolute atomic E-state index is 0.0790. The number of esters is 1. The molecule has 2 aliphatic rings. The third kappa shape index (κ3) is 5.78. The summed E-state index contributed by atoms with van der Waals surface area (Å²) < 4.78 is 36.6. The average molecular weight is 526 g/mol. The maximum absolute atomic E-state index is 14.8. The molecule has 0 bridgehead atoms. The number of piperidine rings is 1. The number of pyridine rings is 3. The number of hydrogen-bond donors (Lipinski definition) is 1. The lowest BCUT2D eigenvalue weighted by atomic mass is 9.91. The number of carbonyl (C=O) groups excluding carboxylic acids is 1. The standard InChI is InChI=1S/C27H32FN5O5/c1-3-36-27(34)19-16-33(8-6-18-20(28)14-31-22-4-5-25(35-2)32-26(18)22)9-7-21(19)30-13-17-12-23-24(15-29-17)38-11-10-37-23/h4-5,12,14-15,19,21,30H,3,6-11,13,16H2,1-2H3/t19-,21+/m0/s1. The van der Waals surface area contributed by atoms with Gasteiger partial charge in [-0.3, -0.25) is 14.8 Å². The number of hydrogen-bond acceptors (Lipinski definition) is 10. The van der Waals surface area contributed by atoms with Crippen LogP contribution in [0.1, 0.15) is 24.6 Å². The molecule has 1 saturated heterocycles. The monoisotopic (exact) mass is 525 g/mol. The number of aromatic nitrogens is 3. The van der Waals surface area contributed by atoms with Crippen LogP contribution in [0, 0.1) is 11.7 Å². The number of fused-ring (bicyclic) bond motifs is 2. The predicted octanol–water partition coefficient (Wildman–Crippen LogP) is 2.53. The lowest BCUT2D eigenvalue weighted by molar-refractivity contribution is -0.151. The van der Waals surface area contributed by atoms with Gasteiger partial charge in [-0.2, -0.15) is 0 Å². The molecule has 0 amide bonds. The van der Waals surface area contributed by atoms with Crippen molar-refractivity contribution in [3.05, 3.63) is 47.7 Å². The number of methoxy groups -OCH3 is 1. The van der Waals surface area contributed by atoms with Crippen molar-refractivity contribution in [3.8, 4) is 17.4 Å². The van der Waals surface area contributed by atoms with Crippen LogP contribution in [0.25, 0.3) is 11.0 Å². The first kappa shape index (κ1) is 26.1. The maximum atomic E-state index is 14.8. The Labute approximate surface area is 220 Å². The summed E-state index contributed by atoms with van der Waals surface area (Å²) in [7, 11) is 1.53. The Morgan fingerprint density at radius 3 is 2.87 bits per heavy atom. The second kappa shape index (κ2) is 11.9. The fraction of sp³-hybridized carbons (Fsp3) is 0.481. The first-order chi connectivity index (χ1) is 18.6. The minimum Gasteiger partial charge on any atom is -0.486 e. The number of halogens is 1. The van der Waals surface area contributed by atoms with E-state index in [-0.39, 0.29) is 17.9 Å². The second-order valence-corrected chi connectivity index (χ2v) is 9.31. The van der Waals surface area contributed by atoms with Gasteiger partial charge < -0.3 is 29.2 Å². The number of nitrogens with one attached hydrogen (secondary N) is 1. The van der Waals surface area contributed by atoms with Crippen LogP contribution in [0.15, 0.2) is 30.6 Å². The molecular formula is C27H32FN5O5. The van der Waals surface area contributed by atoms with Crippen LogP contribution in [0.3, 0.4) is 0 Å². The molecule has 5 heterocycles. The highest BCUT2D eigenvalue weighted by molar-refractivity contribution is 5.78. The summed E-state index contributed by atoms with van der Waals surface area (Å²) in [4.78, 5) is 28.1. The lowest BCUT2D eigenvalue weighted by Gasteiger charge is -2.37. The van der Waals surface area contributed by atoms with Crippen molar-refractivity contribution in [1.29, 1.82) is 0 Å². The molecule has 1 N–H and O–H groups in total. The van der Waals surface area contributed by atoms with Gasteiger partial charge in [0.2, 0.25) is 5.88 Å². The van der Waals surface area contributed by atoms with Crippen LogP contribution >= 0.6 is 0 Å². The molecule has 3 aromatic rings. The van der Waals surface area contributed by atoms with E-state index in [0.29, 0.717) is 79.9 Å². The van der Waals surface area contributed by atoms with E-state index in [1.807, 2.05) is 6.07 Å². The van der Waals surface area contributed by atoms with Gasteiger partial charge >= 0.3 is 5.97 Å². The van der Waals surface area contributed by atoms with Gasteiger partial charge in [-0.15, -0.1) is 0 Å². The molecule has 0 spiro atoms. The number of rotatable bonds is 9. The molecule has 0 radical (unpaired) electrons. The molecule has 38 heavy (non-hydrogen) atoms. The number of likely N-dealkylation sites (tertiary alicyclic amines) is 1. The summed E-state index contributed by atoms with van der Waals surface area (Å²) in [6.07, 6.45) is 4.07. The van der Waals surface area contributed by atoms with Crippen LogP contribution in [0.5, 0.6) is 17.4 Å². The van der Waals surface area contributed by atoms with Gasteiger partial charge in [0.05, 0.1) is 48.8 Å². The van der Waals surface area contributed by atoms with Crippen molar-refractivity contribution >= 4 is 17.0 Å². The van der Waals surface area contributed by atoms with Gasteiger partial charge in [0, 0.05) is 43.4 Å². The van der Waals surface area contributed by atoms with Crippen LogP contribution in [-0.2, 0) is 22.5 Å². The van der Waals surface area contributed by atoms with E-state index in [4.69, 9.17) is 18.9 Å². The zero-order valence-electron chi connectivity index (χ0n) is 21.6. The van der Waals surface area contributed by atoms with Crippen molar-refractivity contribution in [1.82, 2.24) is 25.2 Å². The SMILES string of the molecule is CCOC(=O)[C@H]1CN(CCc2c(F)cnc3ccc(OC)nc23)CC[C@H]1NCc1cc2c(cn1)OCCO2. The molecule has 0 aliphatic carbocycles. The zero-order chi connectivity index (χ0) is 26.5. The van der Waals surface area contributed by atoms with Crippen LogP contribution < -0.4 is 19.5 Å². The summed E-state index contributed by atoms with van der Waals surface area (Å²) in [5.74, 6) is 0.735. The zero-order valence-corrected chi connectivity index (χ0v) is 21.6. The number of carbonyl (C=O) groups is 1. The average Bonchev–Trinajstić information content (AvgIpc) is 2.95. The van der Waals surface area contributed by atoms with Crippen molar-refractivity contribution < 1.29 is 28.1 Å². The summed E-state index contributed by atoms with van der Waals surface area (Å²) in [6, 6.07) is 5.27. The van der Waals surface area contributed by atoms with Crippen LogP contribution in [0.2, 0.25) is 0 Å². The molecule has 1 fully saturated rings. The Balaban J connectivity index is 1.25. The van der Waals surface area contributed by atoms with E-state index in [0.717, 1.165) is 18.7 Å². The number of ether oxygens (including phenoxy) is 4. The van der Waals surface area contributed by atoms with Gasteiger partial charge in [0.15, 0.2) is 11.5 Å². The molecule has 11 heteroatoms. The lowest BCUT2D eigenvalue weighted by Crippen LogP contribution is -2.52. The Morgan fingerprint density at radius 1 is 1.21 bits per heavy atom. The topological polar surface area (TPSA) is 108 Å². The molecule has 0 aromatic carbocycles. The van der Waals surface area contributed by atoms with E-state index in [1.165, 1.54) is 13.3 Å². The highest BCUT2D eigenvalue weighted by Crippen LogP contribution is 2.29. The normalized spacial score (nSPS) is 19.3. The molecular weight excluding hydrogens is 493 g/mol. The number of nitrogens with zero attached hydrogens (tertiary/aromatic N) is 4. The summed E-state index contributed by atoms with van der Waals surface area (Å²) in [5, 5.41) is 3.50. The molecule has 5 rings (SSSR count). The van der Waals surface area contributed by atoms with Crippen molar-refractivity contribution in [2.75, 3.05) is 46.6 Å². The van der Waals surface area contributed by atoms with Crippen molar-refractivity contribution in [2.45, 2.75) is 32.4 Å². The molecule has 0 unspecified atom stereocenters. The fourth-order valence-electron chi connectivity index (χ4n) is 4.98. The smallest absolute Gasteiger partial charge is 0.311 e. The van der Waals surface area contributed by atoms with E-state index < -0.39 is 5.82 Å². The molecule has 0 saturated carbocycles. The maximum Gasteiger partial charge on any atom is 0.311 e. The molecule has 202 valence electrons. The van der Waals surface area contributed by atoms with E-state index in [1.54, 1.807) is 25.3 Å². The van der Waals surface area contributed by atoms with Gasteiger partial charge in [0.25, 0.3) is 0 Å². The third-order valence-corrected chi connectivity index (χ3v) is 6.94. The minimum atomic E-state index is -0.399. The van der Waals surface area contributed by atoms with Crippen LogP contribution in [-0.4, -0.2) is 78.4 Å². The first-order valence-corrected chi connectivity index (χ1v) is 12.9. The Hall–Kier alpha value is -3.57. The van der Waals surface area contributed by atoms with Gasteiger partial charge in [-0.25, -0.2) is 9.37 Å². The molecule has 10 nitrogen and oxygen atoms in total. The molecule has 2 aliphatic heterocycles. The van der Waals surface area contributed by atoms with E-state index in [9.17, 15) is 9.18 Å². The Kier molecular flexibility index (Phi) is 8.14. The summed E-state index contributed by atoms with van der Waals surface area (Å²) in [6.45, 7) is 5.46. The van der Waals surface area contributed by atoms with Crippen molar-refractivity contribution in [2.24, 2.45) is 5.92 Å². The fourth-order valence-corrected chi connectivity index (χ4v) is 4.98. The molecule has 3 aromatic heterocycles. The predicted molar refractivity (Wildman–Crippen MR) is 137 cm³/mol. The summed E-state index contributed by atoms with van der Waals surface area (Å²) in [5.41, 5.74) is 2.41. The van der Waals surface area contributed by atoms with Gasteiger partial charge in [-0.05, 0) is 32.4 Å². The third-order valence-electron chi connectivity index (χ3n) is 6.94. The summed E-state index contributed by atoms with van der Waals surface area (Å²) >= 11 is 0. The van der Waals surface area contributed by atoms with E-state index in [2.05, 4.69) is 25.2 Å². The van der Waals surface area contributed by atoms with Crippen LogP contribution in [0.4, 0.5) is 4.39 Å². The van der Waals surface area contributed by atoms with Gasteiger partial charge in [0.1, 0.15) is 19.0 Å². The Bertz CT molecular complexity index is 1290.